The van der Waals surface area contributed by atoms with Gasteiger partial charge in [-0.15, -0.1) is 0 Å². The Kier molecular flexibility index (Phi) is 3.66. The van der Waals surface area contributed by atoms with E-state index >= 15 is 0 Å². The predicted molar refractivity (Wildman–Crippen MR) is 63.1 cm³/mol. The van der Waals surface area contributed by atoms with Crippen LogP contribution in [0.1, 0.15) is 31.2 Å². The van der Waals surface area contributed by atoms with Crippen LogP contribution in [0.2, 0.25) is 5.02 Å². The van der Waals surface area contributed by atoms with Crippen molar-refractivity contribution in [1.29, 1.82) is 0 Å². The van der Waals surface area contributed by atoms with Crippen LogP contribution < -0.4 is 0 Å². The van der Waals surface area contributed by atoms with Crippen LogP contribution >= 0.6 is 11.6 Å². The minimum atomic E-state index is -0.215. The van der Waals surface area contributed by atoms with Gasteiger partial charge < -0.3 is 5.11 Å². The lowest BCUT2D eigenvalue weighted by atomic mass is 9.95. The van der Waals surface area contributed by atoms with E-state index in [9.17, 15) is 5.11 Å². The van der Waals surface area contributed by atoms with Gasteiger partial charge in [-0.1, -0.05) is 42.6 Å². The second kappa shape index (κ2) is 5.00. The van der Waals surface area contributed by atoms with Crippen LogP contribution in [0.3, 0.4) is 0 Å². The SMILES string of the molecule is OC(Cc1ccccc1Cl)C1CCCC1. The average Bonchev–Trinajstić information content (AvgIpc) is 2.74. The molecule has 0 spiro atoms. The molecule has 1 aromatic rings. The second-order valence-corrected chi connectivity index (χ2v) is 4.81. The summed E-state index contributed by atoms with van der Waals surface area (Å²) < 4.78 is 0. The molecule has 1 unspecified atom stereocenters. The summed E-state index contributed by atoms with van der Waals surface area (Å²) in [5.41, 5.74) is 1.07. The van der Waals surface area contributed by atoms with Gasteiger partial charge in [-0.05, 0) is 30.4 Å². The predicted octanol–water partition coefficient (Wildman–Crippen LogP) is 3.43. The minimum Gasteiger partial charge on any atom is -0.392 e. The Bertz CT molecular complexity index is 318. The number of aliphatic hydroxyl groups is 1. The van der Waals surface area contributed by atoms with Gasteiger partial charge in [0.05, 0.1) is 6.10 Å². The largest absolute Gasteiger partial charge is 0.392 e. The van der Waals surface area contributed by atoms with E-state index in [0.717, 1.165) is 10.6 Å². The van der Waals surface area contributed by atoms with Crippen LogP contribution in [0.15, 0.2) is 24.3 Å². The summed E-state index contributed by atoms with van der Waals surface area (Å²) in [6.07, 6.45) is 5.36. The minimum absolute atomic E-state index is 0.215. The molecular formula is C13H17ClO. The first kappa shape index (κ1) is 11.0. The van der Waals surface area contributed by atoms with E-state index in [-0.39, 0.29) is 6.10 Å². The van der Waals surface area contributed by atoms with Gasteiger partial charge in [0.2, 0.25) is 0 Å². The molecule has 0 bridgehead atoms. The third-order valence-electron chi connectivity index (χ3n) is 3.33. The molecule has 1 saturated carbocycles. The van der Waals surface area contributed by atoms with E-state index in [4.69, 9.17) is 11.6 Å². The van der Waals surface area contributed by atoms with Crippen LogP contribution in [-0.2, 0) is 6.42 Å². The molecule has 0 radical (unpaired) electrons. The van der Waals surface area contributed by atoms with E-state index in [1.54, 1.807) is 0 Å². The molecule has 0 aliphatic heterocycles. The van der Waals surface area contributed by atoms with Crippen LogP contribution in [-0.4, -0.2) is 11.2 Å². The fourth-order valence-electron chi connectivity index (χ4n) is 2.40. The Morgan fingerprint density at radius 1 is 1.27 bits per heavy atom. The van der Waals surface area contributed by atoms with Gasteiger partial charge in [0.1, 0.15) is 0 Å². The van der Waals surface area contributed by atoms with Gasteiger partial charge >= 0.3 is 0 Å². The summed E-state index contributed by atoms with van der Waals surface area (Å²) >= 11 is 6.06. The maximum atomic E-state index is 10.1. The van der Waals surface area contributed by atoms with E-state index in [1.165, 1.54) is 25.7 Å². The van der Waals surface area contributed by atoms with E-state index < -0.39 is 0 Å². The summed E-state index contributed by atoms with van der Waals surface area (Å²) in [6.45, 7) is 0. The second-order valence-electron chi connectivity index (χ2n) is 4.41. The highest BCUT2D eigenvalue weighted by Crippen LogP contribution is 2.30. The molecule has 2 rings (SSSR count). The standard InChI is InChI=1S/C13H17ClO/c14-12-8-4-3-7-11(12)9-13(15)10-5-1-2-6-10/h3-4,7-8,10,13,15H,1-2,5-6,9H2. The normalized spacial score (nSPS) is 19.3. The van der Waals surface area contributed by atoms with E-state index in [1.807, 2.05) is 24.3 Å². The van der Waals surface area contributed by atoms with Crippen molar-refractivity contribution in [2.45, 2.75) is 38.2 Å². The number of halogens is 1. The van der Waals surface area contributed by atoms with Crippen molar-refractivity contribution < 1.29 is 5.11 Å². The van der Waals surface area contributed by atoms with Crippen molar-refractivity contribution in [3.05, 3.63) is 34.9 Å². The highest BCUT2D eigenvalue weighted by molar-refractivity contribution is 6.31. The maximum Gasteiger partial charge on any atom is 0.0609 e. The Balaban J connectivity index is 1.99. The summed E-state index contributed by atoms with van der Waals surface area (Å²) in [7, 11) is 0. The summed E-state index contributed by atoms with van der Waals surface area (Å²) in [5, 5.41) is 10.8. The number of hydrogen-bond acceptors (Lipinski definition) is 1. The first-order valence-electron chi connectivity index (χ1n) is 5.69. The molecule has 15 heavy (non-hydrogen) atoms. The molecule has 1 aliphatic rings. The monoisotopic (exact) mass is 224 g/mol. The summed E-state index contributed by atoms with van der Waals surface area (Å²) in [5.74, 6) is 0.487. The van der Waals surface area contributed by atoms with Crippen molar-refractivity contribution in [3.8, 4) is 0 Å². The van der Waals surface area contributed by atoms with Crippen molar-refractivity contribution in [2.24, 2.45) is 5.92 Å². The molecule has 0 amide bonds. The van der Waals surface area contributed by atoms with Gasteiger partial charge in [-0.3, -0.25) is 0 Å². The lowest BCUT2D eigenvalue weighted by Crippen LogP contribution is -2.20. The maximum absolute atomic E-state index is 10.1. The van der Waals surface area contributed by atoms with Gasteiger partial charge in [0.15, 0.2) is 0 Å². The molecule has 0 aromatic heterocycles. The van der Waals surface area contributed by atoms with Crippen LogP contribution in [0, 0.1) is 5.92 Å². The number of hydrogen-bond donors (Lipinski definition) is 1. The van der Waals surface area contributed by atoms with Gasteiger partial charge in [0.25, 0.3) is 0 Å². The van der Waals surface area contributed by atoms with Gasteiger partial charge in [-0.2, -0.15) is 0 Å². The topological polar surface area (TPSA) is 20.2 Å². The molecule has 2 heteroatoms. The van der Waals surface area contributed by atoms with Gasteiger partial charge in [0, 0.05) is 11.4 Å². The van der Waals surface area contributed by atoms with Gasteiger partial charge in [-0.25, -0.2) is 0 Å². The average molecular weight is 225 g/mol. The Morgan fingerprint density at radius 2 is 1.93 bits per heavy atom. The third kappa shape index (κ3) is 2.73. The molecule has 0 saturated heterocycles. The van der Waals surface area contributed by atoms with Crippen LogP contribution in [0.5, 0.6) is 0 Å². The fraction of sp³-hybridized carbons (Fsp3) is 0.538. The van der Waals surface area contributed by atoms with Crippen LogP contribution in [0.4, 0.5) is 0 Å². The molecule has 82 valence electrons. The summed E-state index contributed by atoms with van der Waals surface area (Å²) in [6, 6.07) is 7.79. The zero-order valence-corrected chi connectivity index (χ0v) is 9.58. The Hall–Kier alpha value is -0.530. The van der Waals surface area contributed by atoms with Crippen LogP contribution in [0.25, 0.3) is 0 Å². The first-order chi connectivity index (χ1) is 7.27. The Labute approximate surface area is 96.1 Å². The van der Waals surface area contributed by atoms with E-state index in [0.29, 0.717) is 12.3 Å². The molecule has 0 heterocycles. The first-order valence-corrected chi connectivity index (χ1v) is 6.06. The molecule has 1 N–H and O–H groups in total. The van der Waals surface area contributed by atoms with Crippen molar-refractivity contribution in [3.63, 3.8) is 0 Å². The lowest BCUT2D eigenvalue weighted by Gasteiger charge is -2.18. The molecule has 1 aromatic carbocycles. The third-order valence-corrected chi connectivity index (χ3v) is 3.70. The highest BCUT2D eigenvalue weighted by Gasteiger charge is 2.23. The lowest BCUT2D eigenvalue weighted by molar-refractivity contribution is 0.111. The zero-order valence-electron chi connectivity index (χ0n) is 8.82. The zero-order chi connectivity index (χ0) is 10.7. The number of rotatable bonds is 3. The van der Waals surface area contributed by atoms with E-state index in [2.05, 4.69) is 0 Å². The number of aliphatic hydroxyl groups excluding tert-OH is 1. The highest BCUT2D eigenvalue weighted by atomic mass is 35.5. The molecule has 1 atom stereocenters. The number of benzene rings is 1. The fourth-order valence-corrected chi connectivity index (χ4v) is 2.61. The van der Waals surface area contributed by atoms with Crippen molar-refractivity contribution in [1.82, 2.24) is 0 Å². The van der Waals surface area contributed by atoms with Crippen molar-refractivity contribution in [2.75, 3.05) is 0 Å². The quantitative estimate of drug-likeness (QED) is 0.834. The molecule has 1 nitrogen and oxygen atoms in total. The molecule has 1 aliphatic carbocycles. The molecular weight excluding hydrogens is 208 g/mol. The molecule has 1 fully saturated rings. The Morgan fingerprint density at radius 3 is 2.60 bits per heavy atom. The van der Waals surface area contributed by atoms with Crippen molar-refractivity contribution >= 4 is 11.6 Å². The smallest absolute Gasteiger partial charge is 0.0609 e. The summed E-state index contributed by atoms with van der Waals surface area (Å²) in [4.78, 5) is 0.